The van der Waals surface area contributed by atoms with Gasteiger partial charge in [-0.1, -0.05) is 6.07 Å². The number of hydrogen-bond donors (Lipinski definition) is 0. The van der Waals surface area contributed by atoms with Crippen LogP contribution in [0.5, 0.6) is 5.75 Å². The lowest BCUT2D eigenvalue weighted by Gasteiger charge is -2.14. The summed E-state index contributed by atoms with van der Waals surface area (Å²) in [4.78, 5) is 12.1. The molecule has 0 bridgehead atoms. The lowest BCUT2D eigenvalue weighted by Crippen LogP contribution is -2.24. The number of benzene rings is 2. The third kappa shape index (κ3) is 3.42. The van der Waals surface area contributed by atoms with E-state index in [9.17, 15) is 13.6 Å². The van der Waals surface area contributed by atoms with Gasteiger partial charge >= 0.3 is 0 Å². The molecule has 0 spiro atoms. The quantitative estimate of drug-likeness (QED) is 0.809. The number of ether oxygens (including phenoxy) is 1. The van der Waals surface area contributed by atoms with Crippen LogP contribution in [0.4, 0.5) is 8.78 Å². The van der Waals surface area contributed by atoms with Gasteiger partial charge in [0.1, 0.15) is 5.75 Å². The zero-order valence-electron chi connectivity index (χ0n) is 11.1. The van der Waals surface area contributed by atoms with E-state index in [1.54, 1.807) is 18.2 Å². The standard InChI is InChI=1S/C16H11F2NO2/c1-10(21-13-4-2-3-11(7-13)9-19)16(20)12-5-6-14(17)15(18)8-12/h2-8,10H,1H3/t10-/m1/s1. The van der Waals surface area contributed by atoms with E-state index < -0.39 is 23.5 Å². The molecule has 0 amide bonds. The van der Waals surface area contributed by atoms with Crippen molar-refractivity contribution in [3.63, 3.8) is 0 Å². The first kappa shape index (κ1) is 14.7. The van der Waals surface area contributed by atoms with Gasteiger partial charge in [0.25, 0.3) is 0 Å². The van der Waals surface area contributed by atoms with E-state index in [1.807, 2.05) is 6.07 Å². The van der Waals surface area contributed by atoms with Gasteiger partial charge in [-0.3, -0.25) is 4.79 Å². The van der Waals surface area contributed by atoms with Gasteiger partial charge in [0, 0.05) is 5.56 Å². The highest BCUT2D eigenvalue weighted by Gasteiger charge is 2.18. The summed E-state index contributed by atoms with van der Waals surface area (Å²) in [6.45, 7) is 1.50. The van der Waals surface area contributed by atoms with Crippen LogP contribution in [0.25, 0.3) is 0 Å². The fourth-order valence-corrected chi connectivity index (χ4v) is 1.78. The zero-order valence-corrected chi connectivity index (χ0v) is 11.1. The van der Waals surface area contributed by atoms with Crippen molar-refractivity contribution in [2.24, 2.45) is 0 Å². The first-order valence-corrected chi connectivity index (χ1v) is 6.17. The molecule has 5 heteroatoms. The molecule has 0 aromatic heterocycles. The minimum Gasteiger partial charge on any atom is -0.483 e. The number of nitriles is 1. The molecular weight excluding hydrogens is 276 g/mol. The molecule has 21 heavy (non-hydrogen) atoms. The Morgan fingerprint density at radius 2 is 1.95 bits per heavy atom. The molecule has 3 nitrogen and oxygen atoms in total. The second kappa shape index (κ2) is 6.14. The number of Topliss-reactive ketones (excluding diaryl/α,β-unsaturated/α-hetero) is 1. The second-order valence-corrected chi connectivity index (χ2v) is 4.39. The molecule has 106 valence electrons. The third-order valence-electron chi connectivity index (χ3n) is 2.85. The molecule has 0 saturated carbocycles. The largest absolute Gasteiger partial charge is 0.483 e. The average molecular weight is 287 g/mol. The minimum absolute atomic E-state index is 0.0258. The SMILES string of the molecule is C[C@@H](Oc1cccc(C#N)c1)C(=O)c1ccc(F)c(F)c1. The predicted molar refractivity (Wildman–Crippen MR) is 71.9 cm³/mol. The molecule has 0 unspecified atom stereocenters. The van der Waals surface area contributed by atoms with Crippen molar-refractivity contribution >= 4 is 5.78 Å². The van der Waals surface area contributed by atoms with Crippen LogP contribution >= 0.6 is 0 Å². The Morgan fingerprint density at radius 3 is 2.62 bits per heavy atom. The number of halogens is 2. The lowest BCUT2D eigenvalue weighted by atomic mass is 10.1. The molecule has 0 saturated heterocycles. The maximum absolute atomic E-state index is 13.1. The molecule has 0 heterocycles. The molecule has 0 aliphatic carbocycles. The van der Waals surface area contributed by atoms with Crippen molar-refractivity contribution in [1.29, 1.82) is 5.26 Å². The molecule has 1 atom stereocenters. The van der Waals surface area contributed by atoms with Gasteiger partial charge in [0.2, 0.25) is 5.78 Å². The van der Waals surface area contributed by atoms with Crippen LogP contribution in [0.1, 0.15) is 22.8 Å². The van der Waals surface area contributed by atoms with Gasteiger partial charge in [0.15, 0.2) is 17.7 Å². The number of nitrogens with zero attached hydrogens (tertiary/aromatic N) is 1. The molecule has 0 aliphatic rings. The Morgan fingerprint density at radius 1 is 1.19 bits per heavy atom. The lowest BCUT2D eigenvalue weighted by molar-refractivity contribution is 0.0817. The number of carbonyl (C=O) groups is 1. The van der Waals surface area contributed by atoms with Gasteiger partial charge in [-0.25, -0.2) is 8.78 Å². The summed E-state index contributed by atoms with van der Waals surface area (Å²) < 4.78 is 31.4. The Labute approximate surface area is 120 Å². The van der Waals surface area contributed by atoms with Gasteiger partial charge < -0.3 is 4.74 Å². The summed E-state index contributed by atoms with van der Waals surface area (Å²) in [5, 5.41) is 8.79. The van der Waals surface area contributed by atoms with Crippen LogP contribution in [0, 0.1) is 23.0 Å². The average Bonchev–Trinajstić information content (AvgIpc) is 2.49. The normalized spacial score (nSPS) is 11.5. The van der Waals surface area contributed by atoms with Crippen LogP contribution in [0.3, 0.4) is 0 Å². The Balaban J connectivity index is 2.15. The van der Waals surface area contributed by atoms with Crippen molar-refractivity contribution in [2.75, 3.05) is 0 Å². The first-order chi connectivity index (χ1) is 10.0. The summed E-state index contributed by atoms with van der Waals surface area (Å²) in [7, 11) is 0. The van der Waals surface area contributed by atoms with Crippen LogP contribution in [-0.4, -0.2) is 11.9 Å². The van der Waals surface area contributed by atoms with E-state index in [0.29, 0.717) is 11.3 Å². The highest BCUT2D eigenvalue weighted by molar-refractivity contribution is 5.99. The Bertz CT molecular complexity index is 722. The van der Waals surface area contributed by atoms with E-state index in [-0.39, 0.29) is 5.56 Å². The summed E-state index contributed by atoms with van der Waals surface area (Å²) in [5.74, 6) is -2.21. The summed E-state index contributed by atoms with van der Waals surface area (Å²) in [6.07, 6.45) is -0.885. The maximum atomic E-state index is 13.1. The van der Waals surface area contributed by atoms with Gasteiger partial charge in [-0.2, -0.15) is 5.26 Å². The number of hydrogen-bond acceptors (Lipinski definition) is 3. The predicted octanol–water partition coefficient (Wildman–Crippen LogP) is 3.49. The van der Waals surface area contributed by atoms with E-state index in [2.05, 4.69) is 0 Å². The van der Waals surface area contributed by atoms with E-state index >= 15 is 0 Å². The highest BCUT2D eigenvalue weighted by atomic mass is 19.2. The Kier molecular flexibility index (Phi) is 4.29. The molecule has 2 aromatic carbocycles. The number of carbonyl (C=O) groups excluding carboxylic acids is 1. The van der Waals surface area contributed by atoms with Crippen LogP contribution in [0.2, 0.25) is 0 Å². The molecule has 2 aromatic rings. The summed E-state index contributed by atoms with van der Waals surface area (Å²) in [5.41, 5.74) is 0.429. The molecule has 0 radical (unpaired) electrons. The van der Waals surface area contributed by atoms with Crippen molar-refractivity contribution in [3.8, 4) is 11.8 Å². The summed E-state index contributed by atoms with van der Waals surface area (Å²) >= 11 is 0. The highest BCUT2D eigenvalue weighted by Crippen LogP contribution is 2.17. The van der Waals surface area contributed by atoms with Gasteiger partial charge in [-0.05, 0) is 43.3 Å². The fourth-order valence-electron chi connectivity index (χ4n) is 1.78. The number of rotatable bonds is 4. The second-order valence-electron chi connectivity index (χ2n) is 4.39. The molecule has 2 rings (SSSR count). The molecular formula is C16H11F2NO2. The molecule has 0 aliphatic heterocycles. The molecule has 0 N–H and O–H groups in total. The van der Waals surface area contributed by atoms with E-state index in [4.69, 9.17) is 10.00 Å². The van der Waals surface area contributed by atoms with Crippen LogP contribution in [0.15, 0.2) is 42.5 Å². The van der Waals surface area contributed by atoms with Crippen LogP contribution in [-0.2, 0) is 0 Å². The Hall–Kier alpha value is -2.74. The van der Waals surface area contributed by atoms with Gasteiger partial charge in [0.05, 0.1) is 11.6 Å². The maximum Gasteiger partial charge on any atom is 0.203 e. The monoisotopic (exact) mass is 287 g/mol. The van der Waals surface area contributed by atoms with Crippen molar-refractivity contribution < 1.29 is 18.3 Å². The zero-order chi connectivity index (χ0) is 15.4. The smallest absolute Gasteiger partial charge is 0.203 e. The van der Waals surface area contributed by atoms with Crippen LogP contribution < -0.4 is 4.74 Å². The fraction of sp³-hybridized carbons (Fsp3) is 0.125. The van der Waals surface area contributed by atoms with Crippen molar-refractivity contribution in [2.45, 2.75) is 13.0 Å². The topological polar surface area (TPSA) is 50.1 Å². The number of ketones is 1. The van der Waals surface area contributed by atoms with Crippen molar-refractivity contribution in [3.05, 3.63) is 65.2 Å². The van der Waals surface area contributed by atoms with Crippen molar-refractivity contribution in [1.82, 2.24) is 0 Å². The van der Waals surface area contributed by atoms with E-state index in [1.165, 1.54) is 19.1 Å². The summed E-state index contributed by atoms with van der Waals surface area (Å²) in [6, 6.07) is 11.2. The first-order valence-electron chi connectivity index (χ1n) is 6.17. The third-order valence-corrected chi connectivity index (χ3v) is 2.85. The van der Waals surface area contributed by atoms with E-state index in [0.717, 1.165) is 12.1 Å². The van der Waals surface area contributed by atoms with Gasteiger partial charge in [-0.15, -0.1) is 0 Å². The molecule has 0 fully saturated rings. The minimum atomic E-state index is -1.08.